The summed E-state index contributed by atoms with van der Waals surface area (Å²) in [5, 5.41) is 10.7. The van der Waals surface area contributed by atoms with E-state index in [4.69, 9.17) is 10.8 Å². The Labute approximate surface area is 123 Å². The molecule has 0 aliphatic heterocycles. The SMILES string of the molecule is CC(C)(C)S(=O)(=O)NC(=O)CCC(=O)NCC(N)C(=O)O. The highest BCUT2D eigenvalue weighted by atomic mass is 32.2. The third-order valence-corrected chi connectivity index (χ3v) is 4.58. The molecule has 0 bridgehead atoms. The summed E-state index contributed by atoms with van der Waals surface area (Å²) >= 11 is 0. The van der Waals surface area contributed by atoms with Crippen molar-refractivity contribution in [2.45, 2.75) is 44.4 Å². The molecule has 5 N–H and O–H groups in total. The van der Waals surface area contributed by atoms with Crippen LogP contribution in [0.15, 0.2) is 0 Å². The van der Waals surface area contributed by atoms with Crippen molar-refractivity contribution in [3.8, 4) is 0 Å². The second kappa shape index (κ2) is 7.36. The van der Waals surface area contributed by atoms with E-state index in [0.29, 0.717) is 0 Å². The van der Waals surface area contributed by atoms with Gasteiger partial charge in [-0.1, -0.05) is 0 Å². The van der Waals surface area contributed by atoms with Crippen molar-refractivity contribution in [3.63, 3.8) is 0 Å². The molecule has 0 heterocycles. The minimum absolute atomic E-state index is 0.266. The second-order valence-corrected chi connectivity index (χ2v) is 7.83. The molecular formula is C11H21N3O6S. The van der Waals surface area contributed by atoms with E-state index in [0.717, 1.165) is 0 Å². The zero-order chi connectivity index (χ0) is 16.8. The Kier molecular flexibility index (Phi) is 6.77. The first-order valence-corrected chi connectivity index (χ1v) is 7.65. The standard InChI is InChI=1S/C11H21N3O6S/c1-11(2,3)21(19,20)14-9(16)5-4-8(15)13-6-7(12)10(17)18/h7H,4-6,12H2,1-3H3,(H,13,15)(H,14,16)(H,17,18). The molecule has 0 radical (unpaired) electrons. The van der Waals surface area contributed by atoms with E-state index in [1.54, 1.807) is 0 Å². The van der Waals surface area contributed by atoms with Gasteiger partial charge in [0.25, 0.3) is 0 Å². The number of rotatable bonds is 7. The van der Waals surface area contributed by atoms with Crippen molar-refractivity contribution in [1.29, 1.82) is 0 Å². The van der Waals surface area contributed by atoms with Crippen LogP contribution in [-0.4, -0.2) is 48.6 Å². The van der Waals surface area contributed by atoms with Crippen LogP contribution in [-0.2, 0) is 24.4 Å². The third kappa shape index (κ3) is 7.04. The van der Waals surface area contributed by atoms with Crippen LogP contribution in [0, 0.1) is 0 Å². The van der Waals surface area contributed by atoms with Crippen LogP contribution >= 0.6 is 0 Å². The fraction of sp³-hybridized carbons (Fsp3) is 0.727. The van der Waals surface area contributed by atoms with E-state index in [1.807, 2.05) is 4.72 Å². The van der Waals surface area contributed by atoms with Crippen LogP contribution in [0.2, 0.25) is 0 Å². The summed E-state index contributed by atoms with van der Waals surface area (Å²) in [6.07, 6.45) is -0.596. The number of hydrogen-bond acceptors (Lipinski definition) is 6. The largest absolute Gasteiger partial charge is 0.480 e. The Balaban J connectivity index is 4.21. The second-order valence-electron chi connectivity index (χ2n) is 5.39. The van der Waals surface area contributed by atoms with Crippen LogP contribution in [0.1, 0.15) is 33.6 Å². The van der Waals surface area contributed by atoms with Gasteiger partial charge in [-0.05, 0) is 20.8 Å². The zero-order valence-electron chi connectivity index (χ0n) is 12.2. The van der Waals surface area contributed by atoms with E-state index >= 15 is 0 Å². The number of nitrogens with one attached hydrogen (secondary N) is 2. The van der Waals surface area contributed by atoms with Crippen LogP contribution < -0.4 is 15.8 Å². The third-order valence-electron chi connectivity index (χ3n) is 2.47. The fourth-order valence-corrected chi connectivity index (χ4v) is 1.69. The first-order chi connectivity index (χ1) is 9.36. The summed E-state index contributed by atoms with van der Waals surface area (Å²) in [6.45, 7) is 4.03. The van der Waals surface area contributed by atoms with Gasteiger partial charge in [0.1, 0.15) is 6.04 Å². The smallest absolute Gasteiger partial charge is 0.322 e. The maximum absolute atomic E-state index is 11.7. The van der Waals surface area contributed by atoms with E-state index in [1.165, 1.54) is 20.8 Å². The summed E-state index contributed by atoms with van der Waals surface area (Å²) in [7, 11) is -3.81. The number of amides is 2. The Morgan fingerprint density at radius 3 is 2.05 bits per heavy atom. The molecule has 0 fully saturated rings. The molecule has 2 amide bonds. The van der Waals surface area contributed by atoms with Crippen molar-refractivity contribution < 1.29 is 27.9 Å². The lowest BCUT2D eigenvalue weighted by Gasteiger charge is -2.19. The number of carboxylic acid groups (broad SMARTS) is 1. The number of aliphatic carboxylic acids is 1. The first-order valence-electron chi connectivity index (χ1n) is 6.17. The highest BCUT2D eigenvalue weighted by Crippen LogP contribution is 2.13. The number of nitrogens with two attached hydrogens (primary N) is 1. The average molecular weight is 323 g/mol. The van der Waals surface area contributed by atoms with Gasteiger partial charge in [0.05, 0.1) is 4.75 Å². The Hall–Kier alpha value is -1.68. The zero-order valence-corrected chi connectivity index (χ0v) is 13.0. The molecule has 0 aliphatic rings. The van der Waals surface area contributed by atoms with E-state index in [9.17, 15) is 22.8 Å². The number of carbonyl (C=O) groups is 3. The Morgan fingerprint density at radius 2 is 1.62 bits per heavy atom. The molecule has 0 aliphatic carbocycles. The molecular weight excluding hydrogens is 302 g/mol. The molecule has 0 aromatic heterocycles. The highest BCUT2D eigenvalue weighted by molar-refractivity contribution is 7.91. The van der Waals surface area contributed by atoms with Crippen LogP contribution in [0.3, 0.4) is 0 Å². The van der Waals surface area contributed by atoms with Crippen LogP contribution in [0.4, 0.5) is 0 Å². The normalized spacial score (nSPS) is 13.3. The molecule has 0 rings (SSSR count). The van der Waals surface area contributed by atoms with Gasteiger partial charge in [-0.15, -0.1) is 0 Å². The van der Waals surface area contributed by atoms with Gasteiger partial charge in [-0.25, -0.2) is 8.42 Å². The van der Waals surface area contributed by atoms with Gasteiger partial charge in [-0.2, -0.15) is 0 Å². The lowest BCUT2D eigenvalue weighted by molar-refractivity contribution is -0.138. The molecule has 10 heteroatoms. The van der Waals surface area contributed by atoms with Crippen LogP contribution in [0.5, 0.6) is 0 Å². The molecule has 0 saturated heterocycles. The van der Waals surface area contributed by atoms with Crippen molar-refractivity contribution in [1.82, 2.24) is 10.0 Å². The van der Waals surface area contributed by atoms with E-state index in [-0.39, 0.29) is 19.4 Å². The fourth-order valence-electron chi connectivity index (χ4n) is 0.981. The van der Waals surface area contributed by atoms with Gasteiger partial charge >= 0.3 is 5.97 Å². The van der Waals surface area contributed by atoms with Gasteiger partial charge in [0.2, 0.25) is 21.8 Å². The van der Waals surface area contributed by atoms with E-state index in [2.05, 4.69) is 5.32 Å². The molecule has 0 saturated carbocycles. The van der Waals surface area contributed by atoms with Crippen molar-refractivity contribution in [2.75, 3.05) is 6.54 Å². The summed E-state index contributed by atoms with van der Waals surface area (Å²) in [5.41, 5.74) is 5.18. The molecule has 1 atom stereocenters. The average Bonchev–Trinajstić information content (AvgIpc) is 2.31. The molecule has 21 heavy (non-hydrogen) atoms. The van der Waals surface area contributed by atoms with Gasteiger partial charge in [0, 0.05) is 19.4 Å². The molecule has 0 spiro atoms. The predicted octanol–water partition coefficient (Wildman–Crippen LogP) is -1.46. The minimum Gasteiger partial charge on any atom is -0.480 e. The van der Waals surface area contributed by atoms with Gasteiger partial charge < -0.3 is 16.2 Å². The molecule has 1 unspecified atom stereocenters. The quantitative estimate of drug-likeness (QED) is 0.446. The predicted molar refractivity (Wildman–Crippen MR) is 74.7 cm³/mol. The molecule has 9 nitrogen and oxygen atoms in total. The number of sulfonamides is 1. The molecule has 0 aromatic rings. The number of hydrogen-bond donors (Lipinski definition) is 4. The van der Waals surface area contributed by atoms with Gasteiger partial charge in [-0.3, -0.25) is 19.1 Å². The maximum atomic E-state index is 11.7. The molecule has 122 valence electrons. The van der Waals surface area contributed by atoms with E-state index < -0.39 is 38.6 Å². The lowest BCUT2D eigenvalue weighted by atomic mass is 10.2. The highest BCUT2D eigenvalue weighted by Gasteiger charge is 2.30. The van der Waals surface area contributed by atoms with Crippen molar-refractivity contribution in [3.05, 3.63) is 0 Å². The number of carbonyl (C=O) groups excluding carboxylic acids is 2. The monoisotopic (exact) mass is 323 g/mol. The minimum atomic E-state index is -3.81. The van der Waals surface area contributed by atoms with Gasteiger partial charge in [0.15, 0.2) is 0 Å². The Morgan fingerprint density at radius 1 is 1.14 bits per heavy atom. The number of carboxylic acids is 1. The summed E-state index contributed by atoms with van der Waals surface area (Å²) < 4.78 is 24.1. The first kappa shape index (κ1) is 19.3. The summed E-state index contributed by atoms with van der Waals surface area (Å²) in [6, 6.07) is -1.23. The Bertz CT molecular complexity index is 509. The lowest BCUT2D eigenvalue weighted by Crippen LogP contribution is -2.44. The summed E-state index contributed by atoms with van der Waals surface area (Å²) in [4.78, 5) is 33.2. The van der Waals surface area contributed by atoms with Crippen molar-refractivity contribution >= 4 is 27.8 Å². The topological polar surface area (TPSA) is 156 Å². The van der Waals surface area contributed by atoms with Crippen molar-refractivity contribution in [2.24, 2.45) is 5.73 Å². The van der Waals surface area contributed by atoms with Crippen LogP contribution in [0.25, 0.3) is 0 Å². The summed E-state index contributed by atoms with van der Waals surface area (Å²) in [5.74, 6) is -2.65. The maximum Gasteiger partial charge on any atom is 0.322 e. The molecule has 0 aromatic carbocycles.